The van der Waals surface area contributed by atoms with Crippen LogP contribution in [0.4, 0.5) is 5.95 Å². The Kier molecular flexibility index (Phi) is 4.14. The second-order valence-electron chi connectivity index (χ2n) is 3.26. The summed E-state index contributed by atoms with van der Waals surface area (Å²) in [6.07, 6.45) is 3.28. The van der Waals surface area contributed by atoms with Gasteiger partial charge >= 0.3 is 5.97 Å². The van der Waals surface area contributed by atoms with Crippen molar-refractivity contribution in [1.29, 1.82) is 0 Å². The minimum Gasteiger partial charge on any atom is -0.465 e. The zero-order valence-electron chi connectivity index (χ0n) is 9.66. The summed E-state index contributed by atoms with van der Waals surface area (Å²) in [6, 6.07) is 8.91. The number of carbonyl (C=O) groups excluding carboxylic acids is 1. The number of ether oxygens (including phenoxy) is 1. The van der Waals surface area contributed by atoms with Gasteiger partial charge in [0.15, 0.2) is 0 Å². The standard InChI is InChI=1S/C12H11N3O2S/c1-17-11(16)9-5-2-3-6-10(9)18-15-12-13-7-4-8-14-12/h2-8H,1H3,(H,13,14,15). The number of hydrogen-bond acceptors (Lipinski definition) is 6. The first kappa shape index (κ1) is 12.4. The Labute approximate surface area is 109 Å². The van der Waals surface area contributed by atoms with E-state index >= 15 is 0 Å². The normalized spacial score (nSPS) is 9.83. The van der Waals surface area contributed by atoms with Crippen LogP contribution in [0.25, 0.3) is 0 Å². The van der Waals surface area contributed by atoms with Crippen molar-refractivity contribution in [3.05, 3.63) is 48.3 Å². The first-order valence-electron chi connectivity index (χ1n) is 5.18. The molecule has 2 rings (SSSR count). The van der Waals surface area contributed by atoms with E-state index in [1.54, 1.807) is 30.6 Å². The molecular formula is C12H11N3O2S. The molecule has 0 spiro atoms. The van der Waals surface area contributed by atoms with Gasteiger partial charge in [-0.05, 0) is 30.1 Å². The van der Waals surface area contributed by atoms with E-state index in [-0.39, 0.29) is 5.97 Å². The maximum absolute atomic E-state index is 11.6. The third-order valence-electron chi connectivity index (χ3n) is 2.11. The van der Waals surface area contributed by atoms with Crippen LogP contribution < -0.4 is 4.72 Å². The number of nitrogens with one attached hydrogen (secondary N) is 1. The van der Waals surface area contributed by atoms with Crippen molar-refractivity contribution >= 4 is 23.9 Å². The average molecular weight is 261 g/mol. The number of methoxy groups -OCH3 is 1. The molecule has 5 nitrogen and oxygen atoms in total. The third-order valence-corrected chi connectivity index (χ3v) is 2.97. The molecule has 0 aliphatic carbocycles. The van der Waals surface area contributed by atoms with Crippen molar-refractivity contribution in [2.45, 2.75) is 4.90 Å². The number of nitrogens with zero attached hydrogens (tertiary/aromatic N) is 2. The topological polar surface area (TPSA) is 64.1 Å². The first-order chi connectivity index (χ1) is 8.81. The van der Waals surface area contributed by atoms with Crippen molar-refractivity contribution in [2.24, 2.45) is 0 Å². The Morgan fingerprint density at radius 2 is 1.94 bits per heavy atom. The van der Waals surface area contributed by atoms with Gasteiger partial charge in [-0.25, -0.2) is 14.8 Å². The van der Waals surface area contributed by atoms with Gasteiger partial charge in [0.1, 0.15) is 0 Å². The maximum atomic E-state index is 11.6. The highest BCUT2D eigenvalue weighted by Crippen LogP contribution is 2.23. The fourth-order valence-corrected chi connectivity index (χ4v) is 2.00. The number of esters is 1. The summed E-state index contributed by atoms with van der Waals surface area (Å²) in [7, 11) is 1.36. The predicted octanol–water partition coefficient (Wildman–Crippen LogP) is 2.38. The molecule has 0 aliphatic heterocycles. The lowest BCUT2D eigenvalue weighted by Gasteiger charge is -2.07. The van der Waals surface area contributed by atoms with Crippen LogP contribution in [-0.4, -0.2) is 23.0 Å². The lowest BCUT2D eigenvalue weighted by molar-refractivity contribution is 0.0597. The second kappa shape index (κ2) is 6.02. The predicted molar refractivity (Wildman–Crippen MR) is 69.3 cm³/mol. The molecule has 1 aromatic carbocycles. The molecule has 0 bridgehead atoms. The molecule has 0 saturated carbocycles. The molecule has 18 heavy (non-hydrogen) atoms. The van der Waals surface area contributed by atoms with Crippen LogP contribution in [0.1, 0.15) is 10.4 Å². The SMILES string of the molecule is COC(=O)c1ccccc1SNc1ncccn1. The molecule has 0 atom stereocenters. The highest BCUT2D eigenvalue weighted by atomic mass is 32.2. The van der Waals surface area contributed by atoms with E-state index in [0.29, 0.717) is 11.5 Å². The number of aromatic nitrogens is 2. The molecule has 0 amide bonds. The summed E-state index contributed by atoms with van der Waals surface area (Å²) in [6.45, 7) is 0. The van der Waals surface area contributed by atoms with Gasteiger partial charge < -0.3 is 4.74 Å². The fraction of sp³-hybridized carbons (Fsp3) is 0.0833. The first-order valence-corrected chi connectivity index (χ1v) is 6.00. The van der Waals surface area contributed by atoms with E-state index in [2.05, 4.69) is 14.7 Å². The molecular weight excluding hydrogens is 250 g/mol. The van der Waals surface area contributed by atoms with Gasteiger partial charge in [0.25, 0.3) is 0 Å². The van der Waals surface area contributed by atoms with Crippen molar-refractivity contribution in [2.75, 3.05) is 11.8 Å². The Morgan fingerprint density at radius 1 is 1.22 bits per heavy atom. The fourth-order valence-electron chi connectivity index (χ4n) is 1.29. The van der Waals surface area contributed by atoms with Gasteiger partial charge in [0, 0.05) is 17.3 Å². The van der Waals surface area contributed by atoms with E-state index in [1.807, 2.05) is 12.1 Å². The molecule has 0 unspecified atom stereocenters. The van der Waals surface area contributed by atoms with Gasteiger partial charge in [-0.1, -0.05) is 12.1 Å². The molecule has 1 aromatic heterocycles. The molecule has 0 aliphatic rings. The molecule has 6 heteroatoms. The van der Waals surface area contributed by atoms with Crippen LogP contribution in [0.15, 0.2) is 47.6 Å². The van der Waals surface area contributed by atoms with E-state index < -0.39 is 0 Å². The lowest BCUT2D eigenvalue weighted by Crippen LogP contribution is -2.04. The van der Waals surface area contributed by atoms with Crippen molar-refractivity contribution in [3.63, 3.8) is 0 Å². The van der Waals surface area contributed by atoms with Gasteiger partial charge in [-0.3, -0.25) is 4.72 Å². The number of anilines is 1. The number of benzene rings is 1. The van der Waals surface area contributed by atoms with Crippen LogP contribution >= 0.6 is 11.9 Å². The van der Waals surface area contributed by atoms with Crippen molar-refractivity contribution in [3.8, 4) is 0 Å². The summed E-state index contributed by atoms with van der Waals surface area (Å²) in [5.74, 6) is 0.121. The van der Waals surface area contributed by atoms with Gasteiger partial charge in [0.2, 0.25) is 5.95 Å². The van der Waals surface area contributed by atoms with Crippen LogP contribution in [-0.2, 0) is 4.74 Å². The minimum absolute atomic E-state index is 0.367. The molecule has 0 fully saturated rings. The lowest BCUT2D eigenvalue weighted by atomic mass is 10.2. The summed E-state index contributed by atoms with van der Waals surface area (Å²) >= 11 is 1.27. The van der Waals surface area contributed by atoms with Crippen LogP contribution in [0, 0.1) is 0 Å². The zero-order chi connectivity index (χ0) is 12.8. The highest BCUT2D eigenvalue weighted by molar-refractivity contribution is 8.00. The van der Waals surface area contributed by atoms with Gasteiger partial charge in [-0.2, -0.15) is 0 Å². The molecule has 0 saturated heterocycles. The molecule has 0 radical (unpaired) electrons. The molecule has 2 aromatic rings. The largest absolute Gasteiger partial charge is 0.465 e. The molecule has 92 valence electrons. The monoisotopic (exact) mass is 261 g/mol. The third kappa shape index (κ3) is 2.98. The Balaban J connectivity index is 2.12. The summed E-state index contributed by atoms with van der Waals surface area (Å²) in [5.41, 5.74) is 0.508. The quantitative estimate of drug-likeness (QED) is 0.673. The van der Waals surface area contributed by atoms with Crippen molar-refractivity contribution in [1.82, 2.24) is 9.97 Å². The maximum Gasteiger partial charge on any atom is 0.339 e. The van der Waals surface area contributed by atoms with E-state index in [1.165, 1.54) is 19.1 Å². The van der Waals surface area contributed by atoms with E-state index in [0.717, 1.165) is 4.90 Å². The van der Waals surface area contributed by atoms with Crippen LogP contribution in [0.3, 0.4) is 0 Å². The average Bonchev–Trinajstić information content (AvgIpc) is 2.45. The molecule has 1 heterocycles. The van der Waals surface area contributed by atoms with Crippen molar-refractivity contribution < 1.29 is 9.53 Å². The number of carbonyl (C=O) groups is 1. The minimum atomic E-state index is -0.367. The zero-order valence-corrected chi connectivity index (χ0v) is 10.5. The summed E-state index contributed by atoms with van der Waals surface area (Å²) < 4.78 is 7.68. The summed E-state index contributed by atoms with van der Waals surface area (Å²) in [4.78, 5) is 20.4. The van der Waals surface area contributed by atoms with E-state index in [9.17, 15) is 4.79 Å². The Morgan fingerprint density at radius 3 is 2.67 bits per heavy atom. The van der Waals surface area contributed by atoms with Gasteiger partial charge in [-0.15, -0.1) is 0 Å². The van der Waals surface area contributed by atoms with Crippen LogP contribution in [0.2, 0.25) is 0 Å². The Bertz CT molecular complexity index is 534. The highest BCUT2D eigenvalue weighted by Gasteiger charge is 2.11. The smallest absolute Gasteiger partial charge is 0.339 e. The summed E-state index contributed by atoms with van der Waals surface area (Å²) in [5, 5.41) is 0. The molecule has 1 N–H and O–H groups in total. The number of rotatable bonds is 4. The van der Waals surface area contributed by atoms with Crippen LogP contribution in [0.5, 0.6) is 0 Å². The van der Waals surface area contributed by atoms with Gasteiger partial charge in [0.05, 0.1) is 12.7 Å². The Hall–Kier alpha value is -2.08. The number of hydrogen-bond donors (Lipinski definition) is 1. The second-order valence-corrected chi connectivity index (χ2v) is 4.11. The van der Waals surface area contributed by atoms with E-state index in [4.69, 9.17) is 4.74 Å².